The van der Waals surface area contributed by atoms with Gasteiger partial charge in [0.2, 0.25) is 6.79 Å². The molecule has 0 bridgehead atoms. The molecule has 0 saturated carbocycles. The number of nitrogens with zero attached hydrogens (tertiary/aromatic N) is 8. The third kappa shape index (κ3) is 7.23. The lowest BCUT2D eigenvalue weighted by atomic mass is 10.0. The zero-order valence-corrected chi connectivity index (χ0v) is 29.7. The number of imidazole rings is 2. The van der Waals surface area contributed by atoms with Crippen LogP contribution in [-0.4, -0.2) is 107 Å². The summed E-state index contributed by atoms with van der Waals surface area (Å²) in [5.41, 5.74) is 12.1. The van der Waals surface area contributed by atoms with Crippen molar-refractivity contribution in [1.29, 1.82) is 0 Å². The van der Waals surface area contributed by atoms with Gasteiger partial charge in [0, 0.05) is 0 Å². The van der Waals surface area contributed by atoms with Crippen LogP contribution in [-0.2, 0) is 50.8 Å². The molecule has 7 heterocycles. The molecule has 3 aliphatic rings. The van der Waals surface area contributed by atoms with E-state index in [1.54, 1.807) is 13.8 Å². The summed E-state index contributed by atoms with van der Waals surface area (Å²) in [5.74, 6) is -1.20. The molecule has 4 aromatic heterocycles. The van der Waals surface area contributed by atoms with Gasteiger partial charge in [0.05, 0.1) is 31.8 Å². The van der Waals surface area contributed by atoms with Crippen molar-refractivity contribution < 1.29 is 64.4 Å². The molecule has 0 amide bonds. The highest BCUT2D eigenvalue weighted by Crippen LogP contribution is 2.57. The Morgan fingerprint density at radius 3 is 1.91 bits per heavy atom. The van der Waals surface area contributed by atoms with E-state index in [0.29, 0.717) is 12.8 Å². The number of fused-ring (bicyclic) bond motifs is 4. The van der Waals surface area contributed by atoms with Gasteiger partial charge in [-0.3, -0.25) is 32.0 Å². The second-order valence-corrected chi connectivity index (χ2v) is 15.1. The first-order valence-corrected chi connectivity index (χ1v) is 19.1. The maximum absolute atomic E-state index is 16.4. The summed E-state index contributed by atoms with van der Waals surface area (Å²) in [6.07, 6.45) is -9.32. The molecule has 0 spiro atoms. The molecular formula is C27H34F2N10O12P2. The molecule has 3 fully saturated rings. The van der Waals surface area contributed by atoms with Gasteiger partial charge < -0.3 is 30.6 Å². The molecule has 4 aromatic rings. The Bertz CT molecular complexity index is 2080. The van der Waals surface area contributed by atoms with Gasteiger partial charge in [-0.05, 0) is 12.8 Å². The number of rotatable bonds is 8. The molecule has 0 aromatic carbocycles. The van der Waals surface area contributed by atoms with E-state index in [0.717, 1.165) is 34.4 Å². The lowest BCUT2D eigenvalue weighted by Gasteiger charge is -2.28. The van der Waals surface area contributed by atoms with E-state index in [2.05, 4.69) is 29.9 Å². The Morgan fingerprint density at radius 2 is 1.38 bits per heavy atom. The highest BCUT2D eigenvalue weighted by molar-refractivity contribution is 7.48. The lowest BCUT2D eigenvalue weighted by molar-refractivity contribution is -0.157. The Kier molecular flexibility index (Phi) is 10.4. The Balaban J connectivity index is 1.20. The lowest BCUT2D eigenvalue weighted by Crippen LogP contribution is -2.37. The van der Waals surface area contributed by atoms with Gasteiger partial charge >= 0.3 is 21.6 Å². The smallest absolute Gasteiger partial charge is 0.438 e. The molecular weight excluding hydrogens is 756 g/mol. The normalized spacial score (nSPS) is 33.8. The van der Waals surface area contributed by atoms with Crippen molar-refractivity contribution in [3.63, 3.8) is 0 Å². The van der Waals surface area contributed by atoms with E-state index in [1.165, 1.54) is 0 Å². The monoisotopic (exact) mass is 790 g/mol. The topological polar surface area (TPSA) is 285 Å². The summed E-state index contributed by atoms with van der Waals surface area (Å²) in [4.78, 5) is 47.3. The van der Waals surface area contributed by atoms with Crippen molar-refractivity contribution in [2.24, 2.45) is 5.92 Å². The number of nitrogen functional groups attached to an aromatic ring is 2. The Hall–Kier alpha value is -3.83. The van der Waals surface area contributed by atoms with Crippen molar-refractivity contribution in [2.75, 3.05) is 31.5 Å². The van der Waals surface area contributed by atoms with E-state index in [4.69, 9.17) is 48.3 Å². The maximum Gasteiger partial charge on any atom is 0.478 e. The van der Waals surface area contributed by atoms with Gasteiger partial charge in [-0.15, -0.1) is 0 Å². The summed E-state index contributed by atoms with van der Waals surface area (Å²) < 4.78 is 106. The SMILES string of the molecule is CCC(CC)C(=O)OCO[P@]1(=O)OC[C@H]2O[C@@H](n3cnc4c(N)ncnc43)[C@H](F)[C@@H]2OP(=O)(O)OC[C@H]2O[C@@H](n3cnc4c(N)ncnc43)[C@H](F)[C@@H]2O1. The fourth-order valence-corrected chi connectivity index (χ4v) is 8.33. The average Bonchev–Trinajstić information content (AvgIpc) is 3.89. The molecule has 5 N–H and O–H groups in total. The van der Waals surface area contributed by atoms with Crippen molar-refractivity contribution in [3.8, 4) is 0 Å². The van der Waals surface area contributed by atoms with Crippen LogP contribution in [0.2, 0.25) is 0 Å². The van der Waals surface area contributed by atoms with Crippen LogP contribution in [0, 0.1) is 5.92 Å². The first kappa shape index (κ1) is 37.5. The number of nitrogens with two attached hydrogens (primary N) is 2. The van der Waals surface area contributed by atoms with E-state index in [9.17, 15) is 18.8 Å². The van der Waals surface area contributed by atoms with Crippen LogP contribution in [0.1, 0.15) is 39.1 Å². The number of carbonyl (C=O) groups is 1. The molecule has 3 aliphatic heterocycles. The van der Waals surface area contributed by atoms with Crippen LogP contribution in [0.25, 0.3) is 22.3 Å². The number of aromatic nitrogens is 8. The molecule has 53 heavy (non-hydrogen) atoms. The van der Waals surface area contributed by atoms with Crippen molar-refractivity contribution in [2.45, 2.75) is 75.9 Å². The number of ether oxygens (including phenoxy) is 3. The minimum Gasteiger partial charge on any atom is -0.438 e. The highest BCUT2D eigenvalue weighted by Gasteiger charge is 2.55. The molecule has 7 rings (SSSR count). The number of carbonyl (C=O) groups excluding carboxylic acids is 1. The van der Waals surface area contributed by atoms with Crippen molar-refractivity contribution in [3.05, 3.63) is 25.3 Å². The van der Waals surface area contributed by atoms with Gasteiger partial charge in [-0.1, -0.05) is 13.8 Å². The van der Waals surface area contributed by atoms with E-state index in [1.807, 2.05) is 0 Å². The summed E-state index contributed by atoms with van der Waals surface area (Å²) in [7, 11) is -10.2. The van der Waals surface area contributed by atoms with Crippen LogP contribution in [0.4, 0.5) is 20.4 Å². The molecule has 10 atom stereocenters. The van der Waals surface area contributed by atoms with Crippen molar-refractivity contribution >= 4 is 55.6 Å². The number of phosphoric acid groups is 2. The second-order valence-electron chi connectivity index (χ2n) is 12.1. The largest absolute Gasteiger partial charge is 0.478 e. The van der Waals surface area contributed by atoms with Crippen LogP contribution < -0.4 is 11.5 Å². The highest BCUT2D eigenvalue weighted by atomic mass is 31.2. The number of hydrogen-bond donors (Lipinski definition) is 3. The number of alkyl halides is 2. The van der Waals surface area contributed by atoms with Gasteiger partial charge in [-0.2, -0.15) is 0 Å². The predicted molar refractivity (Wildman–Crippen MR) is 172 cm³/mol. The fourth-order valence-electron chi connectivity index (χ4n) is 6.12. The molecule has 0 radical (unpaired) electrons. The maximum atomic E-state index is 16.4. The number of anilines is 2. The zero-order valence-electron chi connectivity index (χ0n) is 27.9. The standard InChI is InChI=1S/C27H34F2N10O12P2/c1-3-12(4-2)27(40)44-11-47-53(43)46-6-14-19(15(28)25(49-14)38-9-36-17-21(30)32-7-34-23(17)38)50-52(41,42)45-5-13-20(51-53)16(29)26(48-13)39-10-37-18-22(31)33-8-35-24(18)39/h7-10,12-16,19-20,25-26H,3-6,11H2,1-2H3,(H,41,42)(H2,30,32,34)(H2,31,33,35)/t13-,14-,15-,16-,19-,20-,25-,26-,53+/m1/s1. The average molecular weight is 791 g/mol. The summed E-state index contributed by atoms with van der Waals surface area (Å²) in [6, 6.07) is 0. The second kappa shape index (κ2) is 14.8. The molecule has 1 unspecified atom stereocenters. The number of halogens is 2. The molecule has 3 saturated heterocycles. The van der Waals surface area contributed by atoms with Crippen molar-refractivity contribution in [1.82, 2.24) is 39.0 Å². The fraction of sp³-hybridized carbons (Fsp3) is 0.593. The minimum absolute atomic E-state index is 0.0126. The van der Waals surface area contributed by atoms with Gasteiger partial charge in [0.25, 0.3) is 0 Å². The Labute approximate surface area is 297 Å². The quantitative estimate of drug-likeness (QED) is 0.131. The number of esters is 1. The van der Waals surface area contributed by atoms with E-state index >= 15 is 8.78 Å². The van der Waals surface area contributed by atoms with Crippen LogP contribution in [0.5, 0.6) is 0 Å². The minimum atomic E-state index is -5.19. The predicted octanol–water partition coefficient (Wildman–Crippen LogP) is 2.28. The first-order chi connectivity index (χ1) is 25.3. The third-order valence-corrected chi connectivity index (χ3v) is 11.3. The van der Waals surface area contributed by atoms with E-state index < -0.39 is 96.8 Å². The van der Waals surface area contributed by atoms with Gasteiger partial charge in [-0.25, -0.2) is 52.3 Å². The molecule has 0 aliphatic carbocycles. The van der Waals surface area contributed by atoms with Gasteiger partial charge in [0.15, 0.2) is 47.7 Å². The Morgan fingerprint density at radius 1 is 0.868 bits per heavy atom. The number of phosphoric ester groups is 2. The van der Waals surface area contributed by atoms with Crippen LogP contribution >= 0.6 is 15.6 Å². The number of hydrogen-bond acceptors (Lipinski definition) is 19. The molecule has 288 valence electrons. The first-order valence-electron chi connectivity index (χ1n) is 16.2. The van der Waals surface area contributed by atoms with E-state index in [-0.39, 0.29) is 34.0 Å². The van der Waals surface area contributed by atoms with Gasteiger partial charge in [0.1, 0.15) is 48.1 Å². The summed E-state index contributed by atoms with van der Waals surface area (Å²) in [5, 5.41) is 0. The summed E-state index contributed by atoms with van der Waals surface area (Å²) in [6.45, 7) is 0.755. The third-order valence-electron chi connectivity index (χ3n) is 8.89. The van der Waals surface area contributed by atoms with Crippen LogP contribution in [0.3, 0.4) is 0 Å². The van der Waals surface area contributed by atoms with Crippen LogP contribution in [0.15, 0.2) is 25.3 Å². The zero-order chi connectivity index (χ0) is 37.7. The molecule has 26 heteroatoms. The molecule has 22 nitrogen and oxygen atoms in total. The summed E-state index contributed by atoms with van der Waals surface area (Å²) >= 11 is 0.